The van der Waals surface area contributed by atoms with Crippen molar-refractivity contribution in [1.82, 2.24) is 0 Å². The maximum atomic E-state index is 3.39. The van der Waals surface area contributed by atoms with Gasteiger partial charge in [0.05, 0.1) is 0 Å². The maximum absolute atomic E-state index is 3.39. The van der Waals surface area contributed by atoms with E-state index in [1.54, 1.807) is 0 Å². The van der Waals surface area contributed by atoms with Gasteiger partial charge in [-0.1, -0.05) is 0 Å². The second-order valence-electron chi connectivity index (χ2n) is 1.75. The van der Waals surface area contributed by atoms with E-state index in [-0.39, 0.29) is 0 Å². The van der Waals surface area contributed by atoms with Gasteiger partial charge >= 0.3 is 90.0 Å². The Bertz CT molecular complexity index is 27.3. The number of hydrogen-bond acceptors (Lipinski definition) is 0. The van der Waals surface area contributed by atoms with Crippen molar-refractivity contribution in [3.63, 3.8) is 0 Å². The summed E-state index contributed by atoms with van der Waals surface area (Å²) in [6.07, 6.45) is 4.29. The predicted molar refractivity (Wildman–Crippen MR) is 38.2 cm³/mol. The van der Waals surface area contributed by atoms with E-state index in [1.807, 2.05) is 0 Å². The van der Waals surface area contributed by atoms with Gasteiger partial charge in [-0.3, -0.25) is 0 Å². The third-order valence-electron chi connectivity index (χ3n) is 0.987. The van der Waals surface area contributed by atoms with Crippen molar-refractivity contribution in [3.05, 3.63) is 0 Å². The number of unbranched alkanes of at least 4 members (excludes halogenated alkanes) is 2. The van der Waals surface area contributed by atoms with Crippen molar-refractivity contribution in [2.75, 3.05) is 5.33 Å². The zero-order chi connectivity index (χ0) is 5.54. The van der Waals surface area contributed by atoms with E-state index in [0.29, 0.717) is 0 Å². The molecular weight excluding hydrogens is 179 g/mol. The molecule has 0 fully saturated rings. The molecule has 0 unspecified atom stereocenters. The molecule has 0 aliphatic carbocycles. The van der Waals surface area contributed by atoms with Crippen molar-refractivity contribution < 1.29 is 0 Å². The molecule has 0 aliphatic rings. The van der Waals surface area contributed by atoms with Crippen LogP contribution in [0, 0.1) is 0 Å². The predicted octanol–water partition coefficient (Wildman–Crippen LogP) is 2.14. The molecule has 0 bridgehead atoms. The molecule has 0 heterocycles. The summed E-state index contributed by atoms with van der Waals surface area (Å²) >= 11 is 4.49. The molecule has 0 aromatic rings. The van der Waals surface area contributed by atoms with Gasteiger partial charge in [0.15, 0.2) is 0 Å². The van der Waals surface area contributed by atoms with Gasteiger partial charge < -0.3 is 0 Å². The first-order chi connectivity index (χ1) is 3.41. The summed E-state index contributed by atoms with van der Waals surface area (Å²) in [6, 6.07) is 0. The Hall–Kier alpha value is 2.12. The van der Waals surface area contributed by atoms with E-state index < -0.39 is 0 Å². The van der Waals surface area contributed by atoms with Crippen molar-refractivity contribution in [2.24, 2.45) is 0 Å². The average molecular weight is 189 g/mol. The Morgan fingerprint density at radius 2 is 1.86 bits per heavy atom. The number of alkyl halides is 1. The van der Waals surface area contributed by atoms with Crippen molar-refractivity contribution >= 4 is 64.9 Å². The molecule has 7 heavy (non-hydrogen) atoms. The Morgan fingerprint density at radius 1 is 1.14 bits per heavy atom. The van der Waals surface area contributed by atoms with Gasteiger partial charge in [-0.25, -0.2) is 0 Å². The summed E-state index contributed by atoms with van der Waals surface area (Å²) in [4.78, 5) is 0. The fourth-order valence-corrected chi connectivity index (χ4v) is 1.70. The molecular formula is C5H10BrK. The van der Waals surface area contributed by atoms with E-state index in [2.05, 4.69) is 15.9 Å². The van der Waals surface area contributed by atoms with E-state index in [4.69, 9.17) is 0 Å². The van der Waals surface area contributed by atoms with Gasteiger partial charge in [-0.05, 0) is 0 Å². The Balaban J connectivity index is 2.45. The molecule has 0 saturated heterocycles. The van der Waals surface area contributed by atoms with Crippen LogP contribution in [-0.2, 0) is 0 Å². The van der Waals surface area contributed by atoms with Crippen LogP contribution in [0.4, 0.5) is 0 Å². The Kier molecular flexibility index (Phi) is 10.6. The van der Waals surface area contributed by atoms with E-state index in [1.165, 1.54) is 25.1 Å². The topological polar surface area (TPSA) is 0 Å². The quantitative estimate of drug-likeness (QED) is 0.361. The van der Waals surface area contributed by atoms with Gasteiger partial charge in [0.1, 0.15) is 0 Å². The first-order valence-corrected chi connectivity index (χ1v) is 6.30. The van der Waals surface area contributed by atoms with Crippen LogP contribution < -0.4 is 0 Å². The second kappa shape index (κ2) is 8.12. The normalized spacial score (nSPS) is 9.57. The molecule has 0 rings (SSSR count). The van der Waals surface area contributed by atoms with Gasteiger partial charge in [-0.15, -0.1) is 0 Å². The van der Waals surface area contributed by atoms with Crippen LogP contribution in [0.25, 0.3) is 0 Å². The van der Waals surface area contributed by atoms with E-state index in [9.17, 15) is 0 Å². The molecule has 0 nitrogen and oxygen atoms in total. The summed E-state index contributed by atoms with van der Waals surface area (Å²) in [6.45, 7) is 0. The Labute approximate surface area is 88.2 Å². The molecule has 0 atom stereocenters. The van der Waals surface area contributed by atoms with E-state index >= 15 is 0 Å². The van der Waals surface area contributed by atoms with Crippen molar-refractivity contribution in [1.29, 1.82) is 0 Å². The van der Waals surface area contributed by atoms with Gasteiger partial charge in [0.2, 0.25) is 0 Å². The minimum atomic E-state index is 1.10. The van der Waals surface area contributed by atoms with Crippen LogP contribution in [0.5, 0.6) is 0 Å². The van der Waals surface area contributed by atoms with Gasteiger partial charge in [-0.2, -0.15) is 0 Å². The third kappa shape index (κ3) is 8.12. The molecule has 0 amide bonds. The molecule has 0 spiro atoms. The number of halogens is 1. The van der Waals surface area contributed by atoms with Crippen LogP contribution in [0.1, 0.15) is 19.3 Å². The molecule has 0 radical (unpaired) electrons. The molecule has 0 aliphatic heterocycles. The second-order valence-corrected chi connectivity index (χ2v) is 4.10. The summed E-state index contributed by atoms with van der Waals surface area (Å²) < 4.78 is 1.53. The monoisotopic (exact) mass is 188 g/mol. The van der Waals surface area contributed by atoms with Crippen LogP contribution in [0.2, 0.25) is 0.515 Å². The fraction of sp³-hybridized carbons (Fsp3) is 1.00. The summed E-state index contributed by atoms with van der Waals surface area (Å²) in [5, 5.41) is 1.19. The van der Waals surface area contributed by atoms with Crippen LogP contribution >= 0.6 is 15.9 Å². The molecule has 38 valence electrons. The van der Waals surface area contributed by atoms with Crippen molar-refractivity contribution in [3.8, 4) is 0 Å². The standard InChI is InChI=1S/C5H10Br.K/c1-2-3-4-5-6;/h1-5H2;. The number of rotatable bonds is 4. The van der Waals surface area contributed by atoms with Gasteiger partial charge in [0.25, 0.3) is 0 Å². The summed E-state index contributed by atoms with van der Waals surface area (Å²) in [7, 11) is 0. The SMILES string of the molecule is [K][CH2]CCCCBr. The Morgan fingerprint density at radius 3 is 2.29 bits per heavy atom. The first-order valence-electron chi connectivity index (χ1n) is 2.97. The zero-order valence-corrected chi connectivity index (χ0v) is 9.62. The van der Waals surface area contributed by atoms with E-state index in [0.717, 1.165) is 49.0 Å². The van der Waals surface area contributed by atoms with Crippen LogP contribution in [-0.4, -0.2) is 54.3 Å². The summed E-state index contributed by atoms with van der Waals surface area (Å²) in [5.41, 5.74) is 0. The molecule has 0 aromatic carbocycles. The van der Waals surface area contributed by atoms with Crippen molar-refractivity contribution in [2.45, 2.75) is 19.8 Å². The molecule has 0 saturated carbocycles. The number of hydrogen-bond donors (Lipinski definition) is 0. The fourth-order valence-electron chi connectivity index (χ4n) is 0.521. The first kappa shape index (κ1) is 9.12. The minimum absolute atomic E-state index is 1.10. The average Bonchev–Trinajstić information content (AvgIpc) is 1.69. The van der Waals surface area contributed by atoms with Crippen LogP contribution in [0.15, 0.2) is 0 Å². The van der Waals surface area contributed by atoms with Gasteiger partial charge in [0, 0.05) is 0 Å². The molecule has 0 aromatic heterocycles. The molecule has 0 N–H and O–H groups in total. The zero-order valence-electron chi connectivity index (χ0n) is 4.91. The summed E-state index contributed by atoms with van der Waals surface area (Å²) in [5.74, 6) is 0. The molecule has 2 heteroatoms. The third-order valence-corrected chi connectivity index (χ3v) is 2.65. The van der Waals surface area contributed by atoms with Crippen LogP contribution in [0.3, 0.4) is 0 Å².